The molecule has 0 saturated heterocycles. The Morgan fingerprint density at radius 2 is 1.67 bits per heavy atom. The number of hydrogen-bond donors (Lipinski definition) is 1. The number of benzene rings is 2. The molecule has 0 unspecified atom stereocenters. The zero-order chi connectivity index (χ0) is 17.4. The maximum Gasteiger partial charge on any atom is 0.220 e. The monoisotopic (exact) mass is 327 g/mol. The van der Waals surface area contributed by atoms with E-state index in [0.717, 1.165) is 17.1 Å². The standard InChI is InChI=1S/C20H25NO3/c1-15-6-10-19(11-7-15)24-14-4-5-20(22)21-16(2)17-8-12-18(23-3)13-9-17/h6-13,16H,4-5,14H2,1-3H3,(H,21,22)/t16-/m0/s1. The second-order valence-corrected chi connectivity index (χ2v) is 5.83. The van der Waals surface area contributed by atoms with Crippen molar-refractivity contribution in [2.75, 3.05) is 13.7 Å². The van der Waals surface area contributed by atoms with Crippen LogP contribution in [0.1, 0.15) is 36.9 Å². The molecular weight excluding hydrogens is 302 g/mol. The average Bonchev–Trinajstić information content (AvgIpc) is 2.60. The summed E-state index contributed by atoms with van der Waals surface area (Å²) in [5.41, 5.74) is 2.26. The van der Waals surface area contributed by atoms with Crippen molar-refractivity contribution in [2.24, 2.45) is 0 Å². The fourth-order valence-corrected chi connectivity index (χ4v) is 2.35. The van der Waals surface area contributed by atoms with Gasteiger partial charge in [-0.15, -0.1) is 0 Å². The summed E-state index contributed by atoms with van der Waals surface area (Å²) in [5, 5.41) is 3.00. The molecule has 0 fully saturated rings. The van der Waals surface area contributed by atoms with Crippen LogP contribution in [-0.2, 0) is 4.79 Å². The summed E-state index contributed by atoms with van der Waals surface area (Å²) in [6, 6.07) is 15.6. The van der Waals surface area contributed by atoms with Gasteiger partial charge in [-0.25, -0.2) is 0 Å². The Balaban J connectivity index is 1.69. The molecule has 4 heteroatoms. The highest BCUT2D eigenvalue weighted by atomic mass is 16.5. The topological polar surface area (TPSA) is 47.6 Å². The van der Waals surface area contributed by atoms with Crippen LogP contribution in [0.3, 0.4) is 0 Å². The fourth-order valence-electron chi connectivity index (χ4n) is 2.35. The van der Waals surface area contributed by atoms with Crippen molar-refractivity contribution < 1.29 is 14.3 Å². The highest BCUT2D eigenvalue weighted by Gasteiger charge is 2.09. The predicted molar refractivity (Wildman–Crippen MR) is 95.5 cm³/mol. The lowest BCUT2D eigenvalue weighted by Gasteiger charge is -2.15. The zero-order valence-electron chi connectivity index (χ0n) is 14.5. The van der Waals surface area contributed by atoms with Crippen LogP contribution in [0.2, 0.25) is 0 Å². The van der Waals surface area contributed by atoms with E-state index >= 15 is 0 Å². The van der Waals surface area contributed by atoms with Crippen LogP contribution in [-0.4, -0.2) is 19.6 Å². The van der Waals surface area contributed by atoms with Crippen molar-refractivity contribution in [3.8, 4) is 11.5 Å². The van der Waals surface area contributed by atoms with Crippen LogP contribution in [0, 0.1) is 6.92 Å². The van der Waals surface area contributed by atoms with Crippen molar-refractivity contribution in [1.82, 2.24) is 5.32 Å². The van der Waals surface area contributed by atoms with Gasteiger partial charge in [0, 0.05) is 6.42 Å². The molecule has 1 amide bonds. The Hall–Kier alpha value is -2.49. The average molecular weight is 327 g/mol. The van der Waals surface area contributed by atoms with Crippen molar-refractivity contribution >= 4 is 5.91 Å². The summed E-state index contributed by atoms with van der Waals surface area (Å²) < 4.78 is 10.8. The molecule has 2 aromatic rings. The van der Waals surface area contributed by atoms with Gasteiger partial charge in [0.05, 0.1) is 19.8 Å². The Morgan fingerprint density at radius 3 is 2.29 bits per heavy atom. The fraction of sp³-hybridized carbons (Fsp3) is 0.350. The van der Waals surface area contributed by atoms with Gasteiger partial charge in [0.25, 0.3) is 0 Å². The van der Waals surface area contributed by atoms with Crippen molar-refractivity contribution in [2.45, 2.75) is 32.7 Å². The Bertz CT molecular complexity index is 635. The molecule has 0 spiro atoms. The number of carbonyl (C=O) groups excluding carboxylic acids is 1. The van der Waals surface area contributed by atoms with Gasteiger partial charge in [-0.2, -0.15) is 0 Å². The quantitative estimate of drug-likeness (QED) is 0.744. The minimum absolute atomic E-state index is 0.0265. The molecule has 0 bridgehead atoms. The molecular formula is C20H25NO3. The summed E-state index contributed by atoms with van der Waals surface area (Å²) in [5.74, 6) is 1.68. The second-order valence-electron chi connectivity index (χ2n) is 5.83. The summed E-state index contributed by atoms with van der Waals surface area (Å²) in [6.07, 6.45) is 1.14. The van der Waals surface area contributed by atoms with Crippen LogP contribution in [0.5, 0.6) is 11.5 Å². The number of amides is 1. The molecule has 0 heterocycles. The minimum atomic E-state index is -0.0265. The molecule has 128 valence electrons. The molecule has 1 atom stereocenters. The van der Waals surface area contributed by atoms with Crippen molar-refractivity contribution in [1.29, 1.82) is 0 Å². The van der Waals surface area contributed by atoms with Gasteiger partial charge in [-0.05, 0) is 50.1 Å². The van der Waals surface area contributed by atoms with Crippen LogP contribution in [0.4, 0.5) is 0 Å². The molecule has 0 saturated carbocycles. The maximum atomic E-state index is 12.0. The maximum absolute atomic E-state index is 12.0. The molecule has 0 radical (unpaired) electrons. The Morgan fingerprint density at radius 1 is 1.04 bits per heavy atom. The van der Waals surface area contributed by atoms with Gasteiger partial charge in [0.2, 0.25) is 5.91 Å². The van der Waals surface area contributed by atoms with Crippen LogP contribution < -0.4 is 14.8 Å². The first-order valence-electron chi connectivity index (χ1n) is 8.21. The van der Waals surface area contributed by atoms with Gasteiger partial charge < -0.3 is 14.8 Å². The number of rotatable bonds is 8. The summed E-state index contributed by atoms with van der Waals surface area (Å²) in [7, 11) is 1.64. The zero-order valence-corrected chi connectivity index (χ0v) is 14.5. The highest BCUT2D eigenvalue weighted by Crippen LogP contribution is 2.17. The van der Waals surface area contributed by atoms with E-state index in [1.54, 1.807) is 7.11 Å². The normalized spacial score (nSPS) is 11.6. The lowest BCUT2D eigenvalue weighted by atomic mass is 10.1. The largest absolute Gasteiger partial charge is 0.497 e. The first-order chi connectivity index (χ1) is 11.6. The number of carbonyl (C=O) groups is 1. The van der Waals surface area contributed by atoms with Crippen molar-refractivity contribution in [3.63, 3.8) is 0 Å². The van der Waals surface area contributed by atoms with E-state index in [1.807, 2.05) is 62.4 Å². The number of nitrogens with one attached hydrogen (secondary N) is 1. The number of hydrogen-bond acceptors (Lipinski definition) is 3. The van der Waals surface area contributed by atoms with E-state index in [-0.39, 0.29) is 11.9 Å². The van der Waals surface area contributed by atoms with E-state index < -0.39 is 0 Å². The highest BCUT2D eigenvalue weighted by molar-refractivity contribution is 5.76. The van der Waals surface area contributed by atoms with E-state index in [9.17, 15) is 4.79 Å². The smallest absolute Gasteiger partial charge is 0.220 e. The molecule has 0 aliphatic rings. The molecule has 24 heavy (non-hydrogen) atoms. The van der Waals surface area contributed by atoms with E-state index in [0.29, 0.717) is 19.4 Å². The molecule has 2 aromatic carbocycles. The van der Waals surface area contributed by atoms with Gasteiger partial charge >= 0.3 is 0 Å². The van der Waals surface area contributed by atoms with Crippen LogP contribution >= 0.6 is 0 Å². The second kappa shape index (κ2) is 8.96. The van der Waals surface area contributed by atoms with Crippen molar-refractivity contribution in [3.05, 3.63) is 59.7 Å². The lowest BCUT2D eigenvalue weighted by molar-refractivity contribution is -0.121. The van der Waals surface area contributed by atoms with Gasteiger partial charge in [-0.1, -0.05) is 29.8 Å². The number of ether oxygens (including phenoxy) is 2. The molecule has 1 N–H and O–H groups in total. The molecule has 0 aliphatic carbocycles. The molecule has 0 aromatic heterocycles. The third-order valence-electron chi connectivity index (χ3n) is 3.83. The van der Waals surface area contributed by atoms with Gasteiger partial charge in [0.1, 0.15) is 11.5 Å². The first-order valence-corrected chi connectivity index (χ1v) is 8.21. The minimum Gasteiger partial charge on any atom is -0.497 e. The molecule has 2 rings (SSSR count). The number of methoxy groups -OCH3 is 1. The lowest BCUT2D eigenvalue weighted by Crippen LogP contribution is -2.26. The Kier molecular flexibility index (Phi) is 6.67. The predicted octanol–water partition coefficient (Wildman–Crippen LogP) is 4.04. The Labute approximate surface area is 143 Å². The van der Waals surface area contributed by atoms with E-state index in [4.69, 9.17) is 9.47 Å². The summed E-state index contributed by atoms with van der Waals surface area (Å²) in [4.78, 5) is 12.0. The molecule has 4 nitrogen and oxygen atoms in total. The molecule has 0 aliphatic heterocycles. The third kappa shape index (κ3) is 5.61. The SMILES string of the molecule is COc1ccc([C@H](C)NC(=O)CCCOc2ccc(C)cc2)cc1. The van der Waals surface area contributed by atoms with Crippen LogP contribution in [0.25, 0.3) is 0 Å². The van der Waals surface area contributed by atoms with E-state index in [1.165, 1.54) is 5.56 Å². The summed E-state index contributed by atoms with van der Waals surface area (Å²) in [6.45, 7) is 4.55. The first kappa shape index (κ1) is 17.9. The van der Waals surface area contributed by atoms with E-state index in [2.05, 4.69) is 5.32 Å². The third-order valence-corrected chi connectivity index (χ3v) is 3.83. The van der Waals surface area contributed by atoms with Crippen LogP contribution in [0.15, 0.2) is 48.5 Å². The number of aryl methyl sites for hydroxylation is 1. The summed E-state index contributed by atoms with van der Waals surface area (Å²) >= 11 is 0. The van der Waals surface area contributed by atoms with Gasteiger partial charge in [0.15, 0.2) is 0 Å². The van der Waals surface area contributed by atoms with Gasteiger partial charge in [-0.3, -0.25) is 4.79 Å².